The lowest BCUT2D eigenvalue weighted by atomic mass is 9.79. The van der Waals surface area contributed by atoms with Crippen LogP contribution in [0.25, 0.3) is 0 Å². The third-order valence-electron chi connectivity index (χ3n) is 9.09. The molecule has 3 aromatic rings. The fraction of sp³-hybridized carbons (Fsp3) is 0.389. The van der Waals surface area contributed by atoms with Gasteiger partial charge >= 0.3 is 5.97 Å². The average Bonchev–Trinajstić information content (AvgIpc) is 3.70. The Kier molecular flexibility index (Phi) is 9.56. The second kappa shape index (κ2) is 13.7. The Morgan fingerprint density at radius 3 is 2.23 bits per heavy atom. The number of hydrogen-bond donors (Lipinski definition) is 1. The van der Waals surface area contributed by atoms with Crippen molar-refractivity contribution in [3.05, 3.63) is 107 Å². The second-order valence-corrected chi connectivity index (χ2v) is 11.8. The van der Waals surface area contributed by atoms with Gasteiger partial charge in [0, 0.05) is 18.9 Å². The number of esters is 1. The summed E-state index contributed by atoms with van der Waals surface area (Å²) in [6.07, 6.45) is 5.65. The van der Waals surface area contributed by atoms with Gasteiger partial charge in [0.05, 0.1) is 30.7 Å². The van der Waals surface area contributed by atoms with Crippen LogP contribution in [0.15, 0.2) is 78.9 Å². The van der Waals surface area contributed by atoms with E-state index in [0.717, 1.165) is 36.0 Å². The van der Waals surface area contributed by atoms with Gasteiger partial charge in [-0.3, -0.25) is 14.4 Å². The third kappa shape index (κ3) is 6.64. The van der Waals surface area contributed by atoms with Crippen LogP contribution in [0.5, 0.6) is 0 Å². The molecule has 1 saturated heterocycles. The first-order chi connectivity index (χ1) is 20.9. The molecule has 1 saturated carbocycles. The number of methoxy groups -OCH3 is 1. The molecule has 7 nitrogen and oxygen atoms in total. The molecule has 2 aliphatic rings. The molecule has 7 heteroatoms. The number of rotatable bonds is 9. The molecule has 0 aromatic heterocycles. The van der Waals surface area contributed by atoms with Gasteiger partial charge in [0.2, 0.25) is 11.8 Å². The van der Waals surface area contributed by atoms with Crippen molar-refractivity contribution in [3.8, 4) is 6.07 Å². The Bertz CT molecular complexity index is 1460. The maximum Gasteiger partial charge on any atom is 0.311 e. The van der Waals surface area contributed by atoms with E-state index in [4.69, 9.17) is 4.74 Å². The number of aryl methyl sites for hydroxylation is 1. The van der Waals surface area contributed by atoms with Gasteiger partial charge in [0.15, 0.2) is 0 Å². The first-order valence-corrected chi connectivity index (χ1v) is 15.2. The number of nitrogens with one attached hydrogen (secondary N) is 1. The lowest BCUT2D eigenvalue weighted by Crippen LogP contribution is -2.48. The minimum Gasteiger partial charge on any atom is -0.469 e. The molecule has 1 aliphatic heterocycles. The topological polar surface area (TPSA) is 99.5 Å². The predicted molar refractivity (Wildman–Crippen MR) is 163 cm³/mol. The van der Waals surface area contributed by atoms with E-state index in [0.29, 0.717) is 30.0 Å². The van der Waals surface area contributed by atoms with Crippen LogP contribution in [-0.4, -0.2) is 35.8 Å². The zero-order valence-electron chi connectivity index (χ0n) is 24.9. The minimum absolute atomic E-state index is 0.149. The molecule has 0 spiro atoms. The Morgan fingerprint density at radius 2 is 1.60 bits per heavy atom. The normalized spacial score (nSPS) is 21.7. The molecule has 3 aromatic carbocycles. The molecule has 2 fully saturated rings. The van der Waals surface area contributed by atoms with Crippen LogP contribution in [0.4, 0.5) is 0 Å². The minimum atomic E-state index is -0.936. The van der Waals surface area contributed by atoms with Crippen molar-refractivity contribution in [2.24, 2.45) is 11.8 Å². The predicted octanol–water partition coefficient (Wildman–Crippen LogP) is 5.98. The number of hydrogen-bond acceptors (Lipinski definition) is 5. The zero-order chi connectivity index (χ0) is 30.3. The van der Waals surface area contributed by atoms with Gasteiger partial charge in [-0.05, 0) is 48.1 Å². The highest BCUT2D eigenvalue weighted by Crippen LogP contribution is 2.51. The Hall–Kier alpha value is -4.44. The van der Waals surface area contributed by atoms with Gasteiger partial charge < -0.3 is 15.0 Å². The molecule has 1 aliphatic carbocycles. The maximum absolute atomic E-state index is 14.3. The van der Waals surface area contributed by atoms with Crippen LogP contribution < -0.4 is 5.32 Å². The van der Waals surface area contributed by atoms with Crippen molar-refractivity contribution in [1.82, 2.24) is 10.2 Å². The molecule has 5 rings (SSSR count). The summed E-state index contributed by atoms with van der Waals surface area (Å²) in [4.78, 5) is 43.9. The van der Waals surface area contributed by atoms with Gasteiger partial charge in [-0.2, -0.15) is 5.26 Å². The van der Waals surface area contributed by atoms with Crippen molar-refractivity contribution < 1.29 is 19.1 Å². The molecule has 0 radical (unpaired) electrons. The lowest BCUT2D eigenvalue weighted by molar-refractivity contribution is -0.147. The van der Waals surface area contributed by atoms with E-state index in [9.17, 15) is 19.6 Å². The highest BCUT2D eigenvalue weighted by atomic mass is 16.5. The highest BCUT2D eigenvalue weighted by molar-refractivity contribution is 5.92. The second-order valence-electron chi connectivity index (χ2n) is 11.8. The van der Waals surface area contributed by atoms with Crippen molar-refractivity contribution in [1.29, 1.82) is 5.26 Å². The van der Waals surface area contributed by atoms with E-state index >= 15 is 0 Å². The van der Waals surface area contributed by atoms with E-state index in [-0.39, 0.29) is 11.8 Å². The van der Waals surface area contributed by atoms with E-state index in [1.54, 1.807) is 29.2 Å². The summed E-state index contributed by atoms with van der Waals surface area (Å²) in [6, 6.07) is 24.8. The van der Waals surface area contributed by atoms with Crippen LogP contribution in [0.3, 0.4) is 0 Å². The largest absolute Gasteiger partial charge is 0.469 e. The number of likely N-dealkylation sites (tertiary alicyclic amines) is 1. The van der Waals surface area contributed by atoms with Gasteiger partial charge in [-0.1, -0.05) is 98.0 Å². The van der Waals surface area contributed by atoms with E-state index in [1.807, 2.05) is 61.5 Å². The molecule has 1 N–H and O–H groups in total. The maximum atomic E-state index is 14.3. The van der Waals surface area contributed by atoms with Gasteiger partial charge in [0.25, 0.3) is 0 Å². The number of nitriles is 1. The molecule has 222 valence electrons. The molecule has 4 unspecified atom stereocenters. The summed E-state index contributed by atoms with van der Waals surface area (Å²) in [5.41, 5.74) is 4.03. The Morgan fingerprint density at radius 1 is 0.930 bits per heavy atom. The molecule has 1 heterocycles. The van der Waals surface area contributed by atoms with Crippen molar-refractivity contribution in [2.75, 3.05) is 7.11 Å². The van der Waals surface area contributed by atoms with Gasteiger partial charge in [-0.15, -0.1) is 0 Å². The summed E-state index contributed by atoms with van der Waals surface area (Å²) < 4.78 is 5.36. The summed E-state index contributed by atoms with van der Waals surface area (Å²) in [7, 11) is 1.34. The van der Waals surface area contributed by atoms with Crippen LogP contribution in [-0.2, 0) is 25.7 Å². The first-order valence-electron chi connectivity index (χ1n) is 15.2. The number of carbonyl (C=O) groups is 3. The number of nitrogens with zero attached hydrogens (tertiary/aromatic N) is 2. The van der Waals surface area contributed by atoms with Crippen LogP contribution in [0.1, 0.15) is 78.3 Å². The van der Waals surface area contributed by atoms with Crippen molar-refractivity contribution in [3.63, 3.8) is 0 Å². The molecule has 0 bridgehead atoms. The fourth-order valence-electron chi connectivity index (χ4n) is 6.87. The molecular formula is C36H39N3O4. The zero-order valence-corrected chi connectivity index (χ0v) is 24.9. The highest BCUT2D eigenvalue weighted by Gasteiger charge is 2.57. The fourth-order valence-corrected chi connectivity index (χ4v) is 6.87. The van der Waals surface area contributed by atoms with Crippen LogP contribution in [0, 0.1) is 30.1 Å². The summed E-state index contributed by atoms with van der Waals surface area (Å²) in [5.74, 6) is -1.91. The first kappa shape index (κ1) is 30.0. The Balaban J connectivity index is 1.59. The van der Waals surface area contributed by atoms with Crippen molar-refractivity contribution in [2.45, 2.75) is 70.0 Å². The molecule has 4 atom stereocenters. The monoisotopic (exact) mass is 577 g/mol. The van der Waals surface area contributed by atoms with Gasteiger partial charge in [-0.25, -0.2) is 0 Å². The smallest absolute Gasteiger partial charge is 0.311 e. The summed E-state index contributed by atoms with van der Waals surface area (Å²) >= 11 is 0. The quantitative estimate of drug-likeness (QED) is 0.316. The van der Waals surface area contributed by atoms with Crippen molar-refractivity contribution >= 4 is 17.8 Å². The van der Waals surface area contributed by atoms with Crippen LogP contribution >= 0.6 is 0 Å². The summed E-state index contributed by atoms with van der Waals surface area (Å²) in [6.45, 7) is 2.31. The van der Waals surface area contributed by atoms with E-state index < -0.39 is 29.9 Å². The van der Waals surface area contributed by atoms with Gasteiger partial charge in [0.1, 0.15) is 6.04 Å². The van der Waals surface area contributed by atoms with E-state index in [1.165, 1.54) is 20.0 Å². The number of amides is 2. The van der Waals surface area contributed by atoms with Crippen LogP contribution in [0.2, 0.25) is 0 Å². The third-order valence-corrected chi connectivity index (χ3v) is 9.09. The summed E-state index contributed by atoms with van der Waals surface area (Å²) in [5, 5.41) is 12.5. The Labute approximate surface area is 253 Å². The SMILES string of the molecule is COC(=O)C1C(c2ccccc2)C(C(=O)NCc2ccc(C)cc2)N(C(=O)CCC2CCCC2)C1c1ccc(C#N)cc1. The molecule has 43 heavy (non-hydrogen) atoms. The lowest BCUT2D eigenvalue weighted by Gasteiger charge is -2.32. The average molecular weight is 578 g/mol. The number of carbonyl (C=O) groups excluding carboxylic acids is 3. The molecule has 2 amide bonds. The standard InChI is InChI=1S/C36H39N3O4/c1-24-12-14-27(15-13-24)23-38-35(41)34-31(28-10-4-3-5-11-28)32(36(42)43-2)33(29-19-16-26(22-37)17-20-29)39(34)30(40)21-18-25-8-6-7-9-25/h3-5,10-17,19-20,25,31-34H,6-9,18,21,23H2,1-2H3,(H,38,41). The molecular weight excluding hydrogens is 538 g/mol. The van der Waals surface area contributed by atoms with E-state index in [2.05, 4.69) is 11.4 Å². The number of ether oxygens (including phenoxy) is 1. The number of benzene rings is 3.